The van der Waals surface area contributed by atoms with E-state index in [1.807, 2.05) is 29.6 Å². The summed E-state index contributed by atoms with van der Waals surface area (Å²) in [6.07, 6.45) is 0. The van der Waals surface area contributed by atoms with Crippen molar-refractivity contribution in [1.29, 1.82) is 0 Å². The number of hydrogen-bond acceptors (Lipinski definition) is 7. The molecule has 3 aromatic heterocycles. The molecule has 1 aromatic carbocycles. The Kier molecular flexibility index (Phi) is 4.89. The number of nitrogens with two attached hydrogens (primary N) is 1. The number of fused-ring (bicyclic) bond motifs is 1. The number of pyridine rings is 1. The van der Waals surface area contributed by atoms with Gasteiger partial charge in [0.2, 0.25) is 0 Å². The number of ether oxygens (including phenoxy) is 2. The number of rotatable bonds is 5. The first-order valence-corrected chi connectivity index (χ1v) is 10.1. The maximum absolute atomic E-state index is 12.8. The summed E-state index contributed by atoms with van der Waals surface area (Å²) in [4.78, 5) is 19.7. The largest absolute Gasteiger partial charge is 0.493 e. The molecule has 0 fully saturated rings. The molecule has 0 aliphatic rings. The second-order valence-corrected chi connectivity index (χ2v) is 7.84. The van der Waals surface area contributed by atoms with Crippen LogP contribution in [0.2, 0.25) is 0 Å². The van der Waals surface area contributed by atoms with E-state index in [0.717, 1.165) is 20.8 Å². The monoisotopic (exact) mass is 411 g/mol. The van der Waals surface area contributed by atoms with Crippen molar-refractivity contribution < 1.29 is 14.3 Å². The Balaban J connectivity index is 1.65. The molecule has 28 heavy (non-hydrogen) atoms. The van der Waals surface area contributed by atoms with Gasteiger partial charge in [0.1, 0.15) is 9.71 Å². The number of amides is 1. The lowest BCUT2D eigenvalue weighted by atomic mass is 10.2. The van der Waals surface area contributed by atoms with Crippen molar-refractivity contribution in [2.24, 2.45) is 0 Å². The Labute approximate surface area is 169 Å². The predicted molar refractivity (Wildman–Crippen MR) is 115 cm³/mol. The zero-order chi connectivity index (χ0) is 19.7. The number of anilines is 2. The van der Waals surface area contributed by atoms with Crippen LogP contribution in [0.15, 0.2) is 47.8 Å². The van der Waals surface area contributed by atoms with Gasteiger partial charge in [-0.2, -0.15) is 0 Å². The van der Waals surface area contributed by atoms with Crippen LogP contribution in [0.1, 0.15) is 9.67 Å². The number of carbonyl (C=O) groups excluding carboxylic acids is 1. The third kappa shape index (κ3) is 3.28. The summed E-state index contributed by atoms with van der Waals surface area (Å²) in [7, 11) is 3.11. The minimum atomic E-state index is -0.287. The van der Waals surface area contributed by atoms with Crippen molar-refractivity contribution in [2.45, 2.75) is 0 Å². The van der Waals surface area contributed by atoms with Gasteiger partial charge in [0.15, 0.2) is 11.5 Å². The molecule has 3 N–H and O–H groups in total. The van der Waals surface area contributed by atoms with E-state index in [-0.39, 0.29) is 5.91 Å². The predicted octanol–water partition coefficient (Wildman–Crippen LogP) is 4.88. The summed E-state index contributed by atoms with van der Waals surface area (Å²) >= 11 is 2.90. The van der Waals surface area contributed by atoms with Crippen LogP contribution in [0.4, 0.5) is 11.4 Å². The van der Waals surface area contributed by atoms with Gasteiger partial charge in [0.05, 0.1) is 30.5 Å². The number of methoxy groups -OCH3 is 2. The highest BCUT2D eigenvalue weighted by molar-refractivity contribution is 7.21. The average Bonchev–Trinajstić information content (AvgIpc) is 3.36. The normalized spacial score (nSPS) is 10.8. The van der Waals surface area contributed by atoms with Crippen LogP contribution in [0.25, 0.3) is 20.8 Å². The molecule has 142 valence electrons. The van der Waals surface area contributed by atoms with Crippen molar-refractivity contribution in [3.63, 3.8) is 0 Å². The minimum Gasteiger partial charge on any atom is -0.493 e. The Hall–Kier alpha value is -3.10. The lowest BCUT2D eigenvalue weighted by Crippen LogP contribution is -2.12. The van der Waals surface area contributed by atoms with Crippen LogP contribution >= 0.6 is 22.7 Å². The Morgan fingerprint density at radius 1 is 1.11 bits per heavy atom. The maximum Gasteiger partial charge on any atom is 0.267 e. The number of nitrogen functional groups attached to an aromatic ring is 1. The highest BCUT2D eigenvalue weighted by atomic mass is 32.1. The molecule has 4 aromatic rings. The molecule has 8 heteroatoms. The van der Waals surface area contributed by atoms with E-state index >= 15 is 0 Å². The molecular formula is C20H17N3O3S2. The van der Waals surface area contributed by atoms with Crippen LogP contribution in [-0.4, -0.2) is 25.1 Å². The summed E-state index contributed by atoms with van der Waals surface area (Å²) in [5.41, 5.74) is 8.13. The van der Waals surface area contributed by atoms with Gasteiger partial charge in [-0.25, -0.2) is 4.98 Å². The van der Waals surface area contributed by atoms with Gasteiger partial charge in [-0.05, 0) is 35.7 Å². The van der Waals surface area contributed by atoms with Crippen LogP contribution < -0.4 is 20.5 Å². The SMILES string of the molecule is COc1ccc(NC(=O)c2sc3nc(-c4cccs4)ccc3c2N)cc1OC. The molecule has 0 spiro atoms. The van der Waals surface area contributed by atoms with Crippen molar-refractivity contribution in [1.82, 2.24) is 4.98 Å². The van der Waals surface area contributed by atoms with Crippen LogP contribution in [-0.2, 0) is 0 Å². The summed E-state index contributed by atoms with van der Waals surface area (Å²) < 4.78 is 10.5. The fourth-order valence-electron chi connectivity index (χ4n) is 2.83. The molecular weight excluding hydrogens is 394 g/mol. The molecule has 0 aliphatic carbocycles. The molecule has 0 saturated heterocycles. The third-order valence-electron chi connectivity index (χ3n) is 4.22. The standard InChI is InChI=1S/C20H17N3O3S2/c1-25-14-8-5-11(10-15(14)26-2)22-19(24)18-17(21)12-6-7-13(23-20(12)28-18)16-4-3-9-27-16/h3-10H,21H2,1-2H3,(H,22,24). The number of aromatic nitrogens is 1. The molecule has 0 bridgehead atoms. The molecule has 0 saturated carbocycles. The van der Waals surface area contributed by atoms with Crippen molar-refractivity contribution in [2.75, 3.05) is 25.3 Å². The van der Waals surface area contributed by atoms with Crippen molar-refractivity contribution >= 4 is 50.2 Å². The Morgan fingerprint density at radius 3 is 2.64 bits per heavy atom. The summed E-state index contributed by atoms with van der Waals surface area (Å²) in [6.45, 7) is 0. The molecule has 0 aliphatic heterocycles. The maximum atomic E-state index is 12.8. The fraction of sp³-hybridized carbons (Fsp3) is 0.100. The fourth-order valence-corrected chi connectivity index (χ4v) is 4.51. The van der Waals surface area contributed by atoms with Gasteiger partial charge in [0.25, 0.3) is 5.91 Å². The lowest BCUT2D eigenvalue weighted by molar-refractivity contribution is 0.103. The molecule has 4 rings (SSSR count). The Morgan fingerprint density at radius 2 is 1.93 bits per heavy atom. The van der Waals surface area contributed by atoms with Crippen LogP contribution in [0, 0.1) is 0 Å². The lowest BCUT2D eigenvalue weighted by Gasteiger charge is -2.10. The van der Waals surface area contributed by atoms with E-state index < -0.39 is 0 Å². The molecule has 6 nitrogen and oxygen atoms in total. The topological polar surface area (TPSA) is 86.5 Å². The first kappa shape index (κ1) is 18.3. The highest BCUT2D eigenvalue weighted by Crippen LogP contribution is 2.36. The van der Waals surface area contributed by atoms with Crippen LogP contribution in [0.5, 0.6) is 11.5 Å². The van der Waals surface area contributed by atoms with Crippen molar-refractivity contribution in [3.05, 3.63) is 52.7 Å². The number of nitrogens with one attached hydrogen (secondary N) is 1. The van der Waals surface area contributed by atoms with E-state index in [4.69, 9.17) is 15.2 Å². The first-order valence-electron chi connectivity index (χ1n) is 8.37. The smallest absolute Gasteiger partial charge is 0.267 e. The number of hydrogen-bond donors (Lipinski definition) is 2. The number of benzene rings is 1. The molecule has 0 atom stereocenters. The molecule has 0 radical (unpaired) electrons. The average molecular weight is 412 g/mol. The van der Waals surface area contributed by atoms with Gasteiger partial charge >= 0.3 is 0 Å². The van der Waals surface area contributed by atoms with E-state index in [2.05, 4.69) is 10.3 Å². The van der Waals surface area contributed by atoms with E-state index in [9.17, 15) is 4.79 Å². The van der Waals surface area contributed by atoms with E-state index in [0.29, 0.717) is 27.8 Å². The van der Waals surface area contributed by atoms with Crippen LogP contribution in [0.3, 0.4) is 0 Å². The van der Waals surface area contributed by atoms with Gasteiger partial charge < -0.3 is 20.5 Å². The first-order chi connectivity index (χ1) is 13.6. The number of carbonyl (C=O) groups is 1. The van der Waals surface area contributed by atoms with Gasteiger partial charge in [-0.15, -0.1) is 22.7 Å². The highest BCUT2D eigenvalue weighted by Gasteiger charge is 2.18. The number of thiophene rings is 2. The van der Waals surface area contributed by atoms with Crippen molar-refractivity contribution in [3.8, 4) is 22.1 Å². The Bertz CT molecular complexity index is 1150. The van der Waals surface area contributed by atoms with E-state index in [1.165, 1.54) is 11.3 Å². The molecule has 1 amide bonds. The summed E-state index contributed by atoms with van der Waals surface area (Å²) in [6, 6.07) is 13.0. The minimum absolute atomic E-state index is 0.287. The quantitative estimate of drug-likeness (QED) is 0.489. The summed E-state index contributed by atoms with van der Waals surface area (Å²) in [5, 5.41) is 5.64. The van der Waals surface area contributed by atoms with E-state index in [1.54, 1.807) is 43.8 Å². The van der Waals surface area contributed by atoms with Gasteiger partial charge in [-0.1, -0.05) is 6.07 Å². The molecule has 0 unspecified atom stereocenters. The number of nitrogens with zero attached hydrogens (tertiary/aromatic N) is 1. The molecule has 3 heterocycles. The second-order valence-electron chi connectivity index (χ2n) is 5.90. The third-order valence-corrected chi connectivity index (χ3v) is 6.22. The summed E-state index contributed by atoms with van der Waals surface area (Å²) in [5.74, 6) is 0.837. The van der Waals surface area contributed by atoms with Gasteiger partial charge in [-0.3, -0.25) is 4.79 Å². The zero-order valence-corrected chi connectivity index (χ0v) is 16.8. The van der Waals surface area contributed by atoms with Gasteiger partial charge in [0, 0.05) is 17.1 Å². The zero-order valence-electron chi connectivity index (χ0n) is 15.2. The second kappa shape index (κ2) is 7.49.